The fourth-order valence-electron chi connectivity index (χ4n) is 5.04. The smallest absolute Gasteiger partial charge is 0.243 e. The van der Waals surface area contributed by atoms with Crippen molar-refractivity contribution in [2.75, 3.05) is 13.6 Å². The summed E-state index contributed by atoms with van der Waals surface area (Å²) >= 11 is 5.92. The number of hydrogen-bond donors (Lipinski definition) is 1. The van der Waals surface area contributed by atoms with Crippen molar-refractivity contribution in [2.45, 2.75) is 62.0 Å². The number of rotatable bonds is 11. The maximum atomic E-state index is 13.9. The lowest BCUT2D eigenvalue weighted by atomic mass is 9.94. The first kappa shape index (κ1) is 30.7. The number of amides is 2. The van der Waals surface area contributed by atoms with Gasteiger partial charge in [0.25, 0.3) is 0 Å². The summed E-state index contributed by atoms with van der Waals surface area (Å²) in [5.41, 5.74) is 1.47. The number of hydrogen-bond acceptors (Lipinski definition) is 4. The highest BCUT2D eigenvalue weighted by Crippen LogP contribution is 2.21. The summed E-state index contributed by atoms with van der Waals surface area (Å²) < 4.78 is 41.1. The molecule has 2 amide bonds. The second kappa shape index (κ2) is 14.1. The first-order valence-corrected chi connectivity index (χ1v) is 15.6. The van der Waals surface area contributed by atoms with Crippen LogP contribution in [0, 0.1) is 5.82 Å². The molecule has 0 aliphatic heterocycles. The van der Waals surface area contributed by atoms with Crippen LogP contribution in [0.15, 0.2) is 83.8 Å². The van der Waals surface area contributed by atoms with Crippen molar-refractivity contribution in [2.24, 2.45) is 0 Å². The van der Waals surface area contributed by atoms with Gasteiger partial charge in [-0.1, -0.05) is 73.3 Å². The van der Waals surface area contributed by atoms with Crippen molar-refractivity contribution in [1.82, 2.24) is 14.5 Å². The highest BCUT2D eigenvalue weighted by Gasteiger charge is 2.34. The average Bonchev–Trinajstić information content (AvgIpc) is 2.97. The van der Waals surface area contributed by atoms with E-state index in [1.165, 1.54) is 48.3 Å². The number of halogens is 2. The van der Waals surface area contributed by atoms with Crippen molar-refractivity contribution in [3.8, 4) is 0 Å². The van der Waals surface area contributed by atoms with Crippen LogP contribution >= 0.6 is 11.6 Å². The van der Waals surface area contributed by atoms with E-state index in [2.05, 4.69) is 5.32 Å². The third-order valence-corrected chi connectivity index (χ3v) is 9.44. The summed E-state index contributed by atoms with van der Waals surface area (Å²) in [6.07, 6.45) is 5.17. The van der Waals surface area contributed by atoms with E-state index in [0.717, 1.165) is 42.0 Å². The topological polar surface area (TPSA) is 86.8 Å². The first-order chi connectivity index (χ1) is 19.6. The van der Waals surface area contributed by atoms with Crippen molar-refractivity contribution in [3.05, 3.63) is 101 Å². The zero-order valence-corrected chi connectivity index (χ0v) is 24.6. The lowest BCUT2D eigenvalue weighted by molar-refractivity contribution is -0.141. The molecule has 218 valence electrons. The number of nitrogens with zero attached hydrogens (tertiary/aromatic N) is 2. The lowest BCUT2D eigenvalue weighted by Gasteiger charge is -2.34. The third kappa shape index (κ3) is 8.38. The standard InChI is InChI=1S/C31H35ClFN3O4S/c1-35(41(39,40)28-18-14-25(32)15-19-28)22-30(37)36(21-24-12-16-26(33)17-13-24)29(20-23-8-4-2-5-9-23)31(38)34-27-10-6-3-7-11-27/h2,4-5,8-9,12-19,27,29H,3,6-7,10-11,20-22H2,1H3,(H,34,38)/t29-/m1/s1. The Bertz CT molecular complexity index is 1410. The molecule has 4 rings (SSSR count). The van der Waals surface area contributed by atoms with Crippen LogP contribution in [0.25, 0.3) is 0 Å². The minimum atomic E-state index is -4.01. The van der Waals surface area contributed by atoms with Crippen LogP contribution in [-0.4, -0.2) is 55.1 Å². The van der Waals surface area contributed by atoms with E-state index in [1.54, 1.807) is 12.1 Å². The summed E-state index contributed by atoms with van der Waals surface area (Å²) in [6.45, 7) is -0.488. The third-order valence-electron chi connectivity index (χ3n) is 7.37. The van der Waals surface area contributed by atoms with E-state index in [1.807, 2.05) is 30.3 Å². The molecule has 7 nitrogen and oxygen atoms in total. The van der Waals surface area contributed by atoms with E-state index in [9.17, 15) is 22.4 Å². The molecule has 0 unspecified atom stereocenters. The molecule has 0 spiro atoms. The fraction of sp³-hybridized carbons (Fsp3) is 0.355. The summed E-state index contributed by atoms with van der Waals surface area (Å²) in [6, 6.07) is 19.9. The lowest BCUT2D eigenvalue weighted by Crippen LogP contribution is -2.54. The van der Waals surface area contributed by atoms with Gasteiger partial charge in [0.2, 0.25) is 21.8 Å². The Labute approximate surface area is 246 Å². The zero-order chi connectivity index (χ0) is 29.4. The largest absolute Gasteiger partial charge is 0.352 e. The molecule has 0 bridgehead atoms. The van der Waals surface area contributed by atoms with Crippen LogP contribution in [0.2, 0.25) is 5.02 Å². The predicted molar refractivity (Wildman–Crippen MR) is 157 cm³/mol. The molecule has 1 aliphatic carbocycles. The van der Waals surface area contributed by atoms with Gasteiger partial charge in [0.05, 0.1) is 11.4 Å². The molecule has 41 heavy (non-hydrogen) atoms. The Hall–Kier alpha value is -3.27. The molecule has 1 fully saturated rings. The van der Waals surface area contributed by atoms with Crippen LogP contribution in [-0.2, 0) is 32.6 Å². The molecule has 1 saturated carbocycles. The molecule has 10 heteroatoms. The molecule has 0 saturated heterocycles. The Kier molecular flexibility index (Phi) is 10.5. The van der Waals surface area contributed by atoms with Crippen LogP contribution in [0.4, 0.5) is 4.39 Å². The van der Waals surface area contributed by atoms with E-state index in [0.29, 0.717) is 10.6 Å². The molecule has 0 aromatic heterocycles. The van der Waals surface area contributed by atoms with Gasteiger partial charge in [0.1, 0.15) is 11.9 Å². The number of sulfonamides is 1. The monoisotopic (exact) mass is 599 g/mol. The summed E-state index contributed by atoms with van der Waals surface area (Å²) in [7, 11) is -2.69. The van der Waals surface area contributed by atoms with Crippen LogP contribution < -0.4 is 5.32 Å². The van der Waals surface area contributed by atoms with Gasteiger partial charge in [-0.25, -0.2) is 12.8 Å². The Morgan fingerprint density at radius 2 is 1.56 bits per heavy atom. The maximum Gasteiger partial charge on any atom is 0.243 e. The Morgan fingerprint density at radius 3 is 2.20 bits per heavy atom. The van der Waals surface area contributed by atoms with E-state index < -0.39 is 34.3 Å². The predicted octanol–water partition coefficient (Wildman–Crippen LogP) is 5.19. The second-order valence-corrected chi connectivity index (χ2v) is 12.9. The quantitative estimate of drug-likeness (QED) is 0.329. The van der Waals surface area contributed by atoms with Gasteiger partial charge in [-0.2, -0.15) is 4.31 Å². The van der Waals surface area contributed by atoms with Crippen molar-refractivity contribution in [1.29, 1.82) is 0 Å². The van der Waals surface area contributed by atoms with Crippen LogP contribution in [0.3, 0.4) is 0 Å². The van der Waals surface area contributed by atoms with Gasteiger partial charge in [-0.3, -0.25) is 9.59 Å². The minimum Gasteiger partial charge on any atom is -0.352 e. The maximum absolute atomic E-state index is 13.9. The van der Waals surface area contributed by atoms with Gasteiger partial charge in [-0.05, 0) is 60.4 Å². The molecule has 1 atom stereocenters. The highest BCUT2D eigenvalue weighted by atomic mass is 35.5. The van der Waals surface area contributed by atoms with E-state index in [4.69, 9.17) is 11.6 Å². The van der Waals surface area contributed by atoms with Gasteiger partial charge in [0.15, 0.2) is 0 Å². The SMILES string of the molecule is CN(CC(=O)N(Cc1ccc(F)cc1)[C@H](Cc1ccccc1)C(=O)NC1CCCCC1)S(=O)(=O)c1ccc(Cl)cc1. The molecule has 1 aliphatic rings. The normalized spacial score (nSPS) is 14.9. The molecule has 0 radical (unpaired) electrons. The van der Waals surface area contributed by atoms with Gasteiger partial charge >= 0.3 is 0 Å². The second-order valence-electron chi connectivity index (χ2n) is 10.4. The number of benzene rings is 3. The summed E-state index contributed by atoms with van der Waals surface area (Å²) in [5, 5.41) is 3.54. The molecule has 3 aromatic carbocycles. The number of carbonyl (C=O) groups excluding carboxylic acids is 2. The molecular weight excluding hydrogens is 565 g/mol. The van der Waals surface area contributed by atoms with Crippen LogP contribution in [0.1, 0.15) is 43.2 Å². The average molecular weight is 600 g/mol. The van der Waals surface area contributed by atoms with Crippen LogP contribution in [0.5, 0.6) is 0 Å². The Morgan fingerprint density at radius 1 is 0.927 bits per heavy atom. The van der Waals surface area contributed by atoms with Gasteiger partial charge in [-0.15, -0.1) is 0 Å². The minimum absolute atomic E-state index is 0.00170. The molecular formula is C31H35ClFN3O4S. The first-order valence-electron chi connectivity index (χ1n) is 13.7. The van der Waals surface area contributed by atoms with Crippen molar-refractivity contribution >= 4 is 33.4 Å². The Balaban J connectivity index is 1.65. The van der Waals surface area contributed by atoms with Gasteiger partial charge in [0, 0.05) is 31.1 Å². The van der Waals surface area contributed by atoms with Gasteiger partial charge < -0.3 is 10.2 Å². The fourth-order valence-corrected chi connectivity index (χ4v) is 6.28. The number of carbonyl (C=O) groups is 2. The molecule has 3 aromatic rings. The van der Waals surface area contributed by atoms with E-state index in [-0.39, 0.29) is 29.8 Å². The zero-order valence-electron chi connectivity index (χ0n) is 23.0. The van der Waals surface area contributed by atoms with Crippen molar-refractivity contribution in [3.63, 3.8) is 0 Å². The van der Waals surface area contributed by atoms with E-state index >= 15 is 0 Å². The summed E-state index contributed by atoms with van der Waals surface area (Å²) in [5.74, 6) is -1.26. The highest BCUT2D eigenvalue weighted by molar-refractivity contribution is 7.89. The molecule has 0 heterocycles. The number of likely N-dealkylation sites (N-methyl/N-ethyl adjacent to an activating group) is 1. The molecule has 1 N–H and O–H groups in total. The summed E-state index contributed by atoms with van der Waals surface area (Å²) in [4.78, 5) is 29.2. The number of nitrogens with one attached hydrogen (secondary N) is 1. The van der Waals surface area contributed by atoms with Crippen molar-refractivity contribution < 1.29 is 22.4 Å².